The molecule has 0 aliphatic rings. The first kappa shape index (κ1) is 10.6. The quantitative estimate of drug-likeness (QED) is 0.761. The Balaban J connectivity index is 3.19. The van der Waals surface area contributed by atoms with Gasteiger partial charge in [0.05, 0.1) is 0 Å². The van der Waals surface area contributed by atoms with Gasteiger partial charge in [-0.15, -0.1) is 0 Å². The normalized spacial score (nSPS) is 11.2. The second-order valence-corrected chi connectivity index (χ2v) is 2.97. The van der Waals surface area contributed by atoms with Gasteiger partial charge in [-0.2, -0.15) is 9.49 Å². The van der Waals surface area contributed by atoms with E-state index in [0.717, 1.165) is 4.68 Å². The molecule has 0 amide bonds. The van der Waals surface area contributed by atoms with Crippen LogP contribution in [0, 0.1) is 5.95 Å². The van der Waals surface area contributed by atoms with E-state index in [1.165, 1.54) is 0 Å². The van der Waals surface area contributed by atoms with Crippen molar-refractivity contribution in [1.82, 2.24) is 9.78 Å². The van der Waals surface area contributed by atoms with Gasteiger partial charge in [0.25, 0.3) is 6.43 Å². The Morgan fingerprint density at radius 1 is 1.54 bits per heavy atom. The number of aromatic nitrogens is 2. The summed E-state index contributed by atoms with van der Waals surface area (Å²) in [7, 11) is 0. The summed E-state index contributed by atoms with van der Waals surface area (Å²) in [6.45, 7) is 1.89. The van der Waals surface area contributed by atoms with E-state index in [1.54, 1.807) is 6.92 Å². The van der Waals surface area contributed by atoms with Crippen LogP contribution in [-0.4, -0.2) is 9.78 Å². The van der Waals surface area contributed by atoms with E-state index in [1.807, 2.05) is 0 Å². The zero-order valence-corrected chi connectivity index (χ0v) is 8.48. The summed E-state index contributed by atoms with van der Waals surface area (Å²) in [6.07, 6.45) is -2.73. The maximum atomic E-state index is 13.2. The van der Waals surface area contributed by atoms with Gasteiger partial charge in [0.15, 0.2) is 0 Å². The van der Waals surface area contributed by atoms with Gasteiger partial charge < -0.3 is 0 Å². The van der Waals surface area contributed by atoms with Crippen LogP contribution in [0.3, 0.4) is 0 Å². The highest BCUT2D eigenvalue weighted by Crippen LogP contribution is 2.25. The molecule has 0 aromatic carbocycles. The van der Waals surface area contributed by atoms with Crippen LogP contribution in [0.5, 0.6) is 0 Å². The summed E-state index contributed by atoms with van der Waals surface area (Å²) >= 11 is 2.94. The van der Waals surface area contributed by atoms with E-state index in [9.17, 15) is 13.2 Å². The van der Waals surface area contributed by atoms with E-state index < -0.39 is 18.1 Å². The molecule has 6 heteroatoms. The number of alkyl halides is 3. The molecule has 0 radical (unpaired) electrons. The van der Waals surface area contributed by atoms with E-state index >= 15 is 0 Å². The lowest BCUT2D eigenvalue weighted by molar-refractivity contribution is 0.144. The fraction of sp³-hybridized carbons (Fsp3) is 0.571. The topological polar surface area (TPSA) is 17.8 Å². The maximum Gasteiger partial charge on any atom is 0.282 e. The minimum absolute atomic E-state index is 0.0541. The lowest BCUT2D eigenvalue weighted by Crippen LogP contribution is -2.00. The van der Waals surface area contributed by atoms with Crippen LogP contribution in [0.1, 0.15) is 24.6 Å². The van der Waals surface area contributed by atoms with Crippen molar-refractivity contribution in [3.8, 4) is 0 Å². The van der Waals surface area contributed by atoms with Gasteiger partial charge in [-0.25, -0.2) is 13.5 Å². The van der Waals surface area contributed by atoms with Gasteiger partial charge in [-0.1, -0.05) is 15.9 Å². The molecule has 1 heterocycles. The van der Waals surface area contributed by atoms with Gasteiger partial charge in [0, 0.05) is 17.4 Å². The van der Waals surface area contributed by atoms with Gasteiger partial charge in [-0.05, 0) is 6.92 Å². The van der Waals surface area contributed by atoms with E-state index in [-0.39, 0.29) is 17.4 Å². The number of rotatable bonds is 3. The Morgan fingerprint density at radius 2 is 2.15 bits per heavy atom. The van der Waals surface area contributed by atoms with E-state index in [0.29, 0.717) is 0 Å². The van der Waals surface area contributed by atoms with Crippen molar-refractivity contribution in [2.45, 2.75) is 25.2 Å². The predicted molar refractivity (Wildman–Crippen MR) is 45.4 cm³/mol. The number of hydrogen-bond acceptors (Lipinski definition) is 1. The number of halogens is 4. The van der Waals surface area contributed by atoms with Crippen molar-refractivity contribution in [1.29, 1.82) is 0 Å². The zero-order valence-electron chi connectivity index (χ0n) is 6.90. The molecular formula is C7H8BrF3N2. The SMILES string of the molecule is CCn1nc(C(F)F)c(CBr)c1F. The molecule has 0 fully saturated rings. The summed E-state index contributed by atoms with van der Waals surface area (Å²) in [5.41, 5.74) is -0.534. The number of aryl methyl sites for hydroxylation is 1. The zero-order chi connectivity index (χ0) is 10.0. The van der Waals surface area contributed by atoms with Gasteiger partial charge >= 0.3 is 0 Å². The van der Waals surface area contributed by atoms with Crippen molar-refractivity contribution in [2.24, 2.45) is 0 Å². The van der Waals surface area contributed by atoms with Gasteiger partial charge in [0.1, 0.15) is 5.69 Å². The third-order valence-corrected chi connectivity index (χ3v) is 2.21. The molecule has 13 heavy (non-hydrogen) atoms. The third kappa shape index (κ3) is 1.87. The highest BCUT2D eigenvalue weighted by molar-refractivity contribution is 9.08. The molecule has 0 atom stereocenters. The Morgan fingerprint density at radius 3 is 2.46 bits per heavy atom. The molecule has 74 valence electrons. The molecule has 0 saturated carbocycles. The fourth-order valence-electron chi connectivity index (χ4n) is 1.00. The molecule has 1 aromatic rings. The Labute approximate surface area is 81.9 Å². The molecule has 1 rings (SSSR count). The van der Waals surface area contributed by atoms with Crippen LogP contribution >= 0.6 is 15.9 Å². The predicted octanol–water partition coefficient (Wildman–Crippen LogP) is 2.87. The smallest absolute Gasteiger partial charge is 0.239 e. The monoisotopic (exact) mass is 256 g/mol. The van der Waals surface area contributed by atoms with E-state index in [4.69, 9.17) is 0 Å². The second kappa shape index (κ2) is 4.13. The standard InChI is InChI=1S/C7H8BrF3N2/c1-2-13-7(11)4(3-8)5(12-13)6(9)10/h6H,2-3H2,1H3. The van der Waals surface area contributed by atoms with Crippen molar-refractivity contribution in [3.63, 3.8) is 0 Å². The first-order valence-electron chi connectivity index (χ1n) is 3.71. The van der Waals surface area contributed by atoms with Crippen LogP contribution in [0.25, 0.3) is 0 Å². The molecule has 2 nitrogen and oxygen atoms in total. The van der Waals surface area contributed by atoms with Crippen molar-refractivity contribution in [3.05, 3.63) is 17.2 Å². The molecule has 0 aliphatic carbocycles. The minimum Gasteiger partial charge on any atom is -0.239 e. The highest BCUT2D eigenvalue weighted by Gasteiger charge is 2.22. The molecule has 0 spiro atoms. The van der Waals surface area contributed by atoms with Gasteiger partial charge in [0.2, 0.25) is 5.95 Å². The number of hydrogen-bond donors (Lipinski definition) is 0. The highest BCUT2D eigenvalue weighted by atomic mass is 79.9. The summed E-state index contributed by atoms with van der Waals surface area (Å²) in [5, 5.41) is 3.51. The van der Waals surface area contributed by atoms with Crippen LogP contribution in [-0.2, 0) is 11.9 Å². The van der Waals surface area contributed by atoms with Crippen LogP contribution in [0.4, 0.5) is 13.2 Å². The van der Waals surface area contributed by atoms with Crippen LogP contribution in [0.2, 0.25) is 0 Å². The van der Waals surface area contributed by atoms with Gasteiger partial charge in [-0.3, -0.25) is 0 Å². The molecule has 0 unspecified atom stereocenters. The molecule has 1 aromatic heterocycles. The van der Waals surface area contributed by atoms with Crippen molar-refractivity contribution >= 4 is 15.9 Å². The average Bonchev–Trinajstić information content (AvgIpc) is 2.42. The lowest BCUT2D eigenvalue weighted by Gasteiger charge is -1.94. The second-order valence-electron chi connectivity index (χ2n) is 2.40. The van der Waals surface area contributed by atoms with E-state index in [2.05, 4.69) is 21.0 Å². The summed E-state index contributed by atoms with van der Waals surface area (Å²) < 4.78 is 38.7. The van der Waals surface area contributed by atoms with Crippen LogP contribution < -0.4 is 0 Å². The number of nitrogens with zero attached hydrogens (tertiary/aromatic N) is 2. The lowest BCUT2D eigenvalue weighted by atomic mass is 10.3. The fourth-order valence-corrected chi connectivity index (χ4v) is 1.52. The van der Waals surface area contributed by atoms with Crippen molar-refractivity contribution in [2.75, 3.05) is 0 Å². The van der Waals surface area contributed by atoms with Crippen molar-refractivity contribution < 1.29 is 13.2 Å². The summed E-state index contributed by atoms with van der Waals surface area (Å²) in [6, 6.07) is 0. The largest absolute Gasteiger partial charge is 0.282 e. The molecule has 0 N–H and O–H groups in total. The maximum absolute atomic E-state index is 13.2. The Bertz CT molecular complexity index is 298. The Kier molecular flexibility index (Phi) is 3.35. The molecule has 0 saturated heterocycles. The molecular weight excluding hydrogens is 249 g/mol. The first-order valence-corrected chi connectivity index (χ1v) is 4.83. The average molecular weight is 257 g/mol. The molecule has 0 bridgehead atoms. The third-order valence-electron chi connectivity index (χ3n) is 1.65. The van der Waals surface area contributed by atoms with Crippen LogP contribution in [0.15, 0.2) is 0 Å². The first-order chi connectivity index (χ1) is 6.11. The summed E-state index contributed by atoms with van der Waals surface area (Å²) in [4.78, 5) is 0. The summed E-state index contributed by atoms with van der Waals surface area (Å²) in [5.74, 6) is -0.685. The molecule has 0 aliphatic heterocycles. The minimum atomic E-state index is -2.73. The Hall–Kier alpha value is -0.520.